The molecule has 0 unspecified atom stereocenters. The highest BCUT2D eigenvalue weighted by Gasteiger charge is 2.29. The topological polar surface area (TPSA) is 77.1 Å². The average Bonchev–Trinajstić information content (AvgIpc) is 3.40. The molecule has 0 atom stereocenters. The van der Waals surface area contributed by atoms with Gasteiger partial charge in [-0.1, -0.05) is 53.6 Å². The SMILES string of the molecule is Cc1ccc(CC(=O)N2CCc3c(c(-c4nnc(-c5ccccc5Cl)o4)nn3C)C2)cc1. The van der Waals surface area contributed by atoms with Crippen molar-refractivity contribution in [3.63, 3.8) is 0 Å². The summed E-state index contributed by atoms with van der Waals surface area (Å²) in [6, 6.07) is 15.4. The number of halogens is 1. The number of carbonyl (C=O) groups excluding carboxylic acids is 1. The van der Waals surface area contributed by atoms with Gasteiger partial charge in [0.25, 0.3) is 5.89 Å². The summed E-state index contributed by atoms with van der Waals surface area (Å²) >= 11 is 6.27. The van der Waals surface area contributed by atoms with Crippen molar-refractivity contribution >= 4 is 17.5 Å². The van der Waals surface area contributed by atoms with Crippen LogP contribution >= 0.6 is 11.6 Å². The second kappa shape index (κ2) is 8.24. The Hall–Kier alpha value is -3.45. The first-order chi connectivity index (χ1) is 15.5. The van der Waals surface area contributed by atoms with Crippen LogP contribution < -0.4 is 0 Å². The molecule has 0 spiro atoms. The maximum atomic E-state index is 13.0. The number of amides is 1. The number of fused-ring (bicyclic) bond motifs is 1. The van der Waals surface area contributed by atoms with Gasteiger partial charge in [0.15, 0.2) is 5.69 Å². The lowest BCUT2D eigenvalue weighted by atomic mass is 10.0. The zero-order valence-corrected chi connectivity index (χ0v) is 18.6. The Morgan fingerprint density at radius 3 is 2.62 bits per heavy atom. The van der Waals surface area contributed by atoms with Gasteiger partial charge in [0.1, 0.15) is 0 Å². The standard InChI is InChI=1S/C24H22ClN5O2/c1-15-7-9-16(10-8-15)13-21(31)30-12-11-20-18(14-30)22(28-29(20)2)24-27-26-23(32-24)17-5-3-4-6-19(17)25/h3-10H,11-14H2,1-2H3. The number of aryl methyl sites for hydroxylation is 2. The number of benzene rings is 2. The van der Waals surface area contributed by atoms with Crippen molar-refractivity contribution in [2.75, 3.05) is 6.54 Å². The van der Waals surface area contributed by atoms with Crippen molar-refractivity contribution in [3.05, 3.63) is 75.9 Å². The quantitative estimate of drug-likeness (QED) is 0.468. The van der Waals surface area contributed by atoms with E-state index >= 15 is 0 Å². The maximum Gasteiger partial charge on any atom is 0.268 e. The minimum Gasteiger partial charge on any atom is -0.414 e. The molecule has 0 aliphatic carbocycles. The molecule has 0 bridgehead atoms. The van der Waals surface area contributed by atoms with Crippen LogP contribution in [-0.2, 0) is 31.2 Å². The van der Waals surface area contributed by atoms with Gasteiger partial charge in [0, 0.05) is 37.8 Å². The van der Waals surface area contributed by atoms with E-state index in [0.29, 0.717) is 47.6 Å². The molecule has 1 aliphatic heterocycles. The Balaban J connectivity index is 1.41. The minimum atomic E-state index is 0.0941. The van der Waals surface area contributed by atoms with E-state index in [9.17, 15) is 4.79 Å². The van der Waals surface area contributed by atoms with Gasteiger partial charge in [-0.3, -0.25) is 9.48 Å². The van der Waals surface area contributed by atoms with E-state index in [2.05, 4.69) is 15.3 Å². The van der Waals surface area contributed by atoms with E-state index < -0.39 is 0 Å². The number of carbonyl (C=O) groups is 1. The van der Waals surface area contributed by atoms with Gasteiger partial charge >= 0.3 is 0 Å². The zero-order chi connectivity index (χ0) is 22.2. The highest BCUT2D eigenvalue weighted by molar-refractivity contribution is 6.33. The van der Waals surface area contributed by atoms with Crippen molar-refractivity contribution in [1.82, 2.24) is 24.9 Å². The third-order valence-corrected chi connectivity index (χ3v) is 6.13. The summed E-state index contributed by atoms with van der Waals surface area (Å²) < 4.78 is 7.77. The maximum absolute atomic E-state index is 13.0. The number of hydrogen-bond donors (Lipinski definition) is 0. The second-order valence-electron chi connectivity index (χ2n) is 8.02. The van der Waals surface area contributed by atoms with E-state index in [4.69, 9.17) is 16.0 Å². The number of nitrogens with zero attached hydrogens (tertiary/aromatic N) is 5. The summed E-state index contributed by atoms with van der Waals surface area (Å²) in [7, 11) is 1.90. The Kier molecular flexibility index (Phi) is 5.27. The largest absolute Gasteiger partial charge is 0.414 e. The molecule has 4 aromatic rings. The molecule has 5 rings (SSSR count). The summed E-state index contributed by atoms with van der Waals surface area (Å²) in [4.78, 5) is 14.8. The Labute approximate surface area is 190 Å². The molecule has 162 valence electrons. The van der Waals surface area contributed by atoms with Crippen LogP contribution in [0.5, 0.6) is 0 Å². The molecule has 8 heteroatoms. The van der Waals surface area contributed by atoms with Crippen LogP contribution in [0.1, 0.15) is 22.4 Å². The van der Waals surface area contributed by atoms with Crippen LogP contribution in [0, 0.1) is 6.92 Å². The van der Waals surface area contributed by atoms with Crippen LogP contribution in [0.2, 0.25) is 5.02 Å². The Morgan fingerprint density at radius 1 is 1.09 bits per heavy atom. The molecule has 0 fully saturated rings. The minimum absolute atomic E-state index is 0.0941. The monoisotopic (exact) mass is 447 g/mol. The van der Waals surface area contributed by atoms with Crippen LogP contribution in [0.15, 0.2) is 52.9 Å². The van der Waals surface area contributed by atoms with Gasteiger partial charge in [-0.25, -0.2) is 0 Å². The predicted octanol–water partition coefficient (Wildman–Crippen LogP) is 4.23. The first-order valence-electron chi connectivity index (χ1n) is 10.5. The van der Waals surface area contributed by atoms with Gasteiger partial charge in [0.05, 0.1) is 17.0 Å². The van der Waals surface area contributed by atoms with Gasteiger partial charge in [-0.05, 0) is 24.6 Å². The van der Waals surface area contributed by atoms with E-state index in [1.54, 1.807) is 6.07 Å². The van der Waals surface area contributed by atoms with Crippen molar-refractivity contribution < 1.29 is 9.21 Å². The van der Waals surface area contributed by atoms with Gasteiger partial charge < -0.3 is 9.32 Å². The third-order valence-electron chi connectivity index (χ3n) is 5.80. The zero-order valence-electron chi connectivity index (χ0n) is 17.9. The van der Waals surface area contributed by atoms with Gasteiger partial charge in [-0.15, -0.1) is 10.2 Å². The molecule has 3 heterocycles. The lowest BCUT2D eigenvalue weighted by Crippen LogP contribution is -2.37. The Bertz CT molecular complexity index is 1290. The number of aromatic nitrogens is 4. The van der Waals surface area contributed by atoms with Crippen molar-refractivity contribution in [3.8, 4) is 23.0 Å². The summed E-state index contributed by atoms with van der Waals surface area (Å²) in [6.45, 7) is 3.16. The predicted molar refractivity (Wildman–Crippen MR) is 121 cm³/mol. The molecule has 32 heavy (non-hydrogen) atoms. The van der Waals surface area contributed by atoms with E-state index in [-0.39, 0.29) is 5.91 Å². The molecule has 7 nitrogen and oxygen atoms in total. The first kappa shape index (κ1) is 20.5. The van der Waals surface area contributed by atoms with Crippen LogP contribution in [0.3, 0.4) is 0 Å². The first-order valence-corrected chi connectivity index (χ1v) is 10.8. The van der Waals surface area contributed by atoms with Crippen molar-refractivity contribution in [2.45, 2.75) is 26.3 Å². The average molecular weight is 448 g/mol. The second-order valence-corrected chi connectivity index (χ2v) is 8.42. The fourth-order valence-electron chi connectivity index (χ4n) is 4.03. The highest BCUT2D eigenvalue weighted by Crippen LogP contribution is 2.32. The molecule has 1 amide bonds. The molecule has 0 saturated carbocycles. The van der Waals surface area contributed by atoms with Crippen LogP contribution in [0.4, 0.5) is 0 Å². The molecule has 2 aromatic carbocycles. The number of rotatable bonds is 4. The molecule has 2 aromatic heterocycles. The van der Waals surface area contributed by atoms with Gasteiger partial charge in [0.2, 0.25) is 11.8 Å². The highest BCUT2D eigenvalue weighted by atomic mass is 35.5. The molecule has 0 radical (unpaired) electrons. The fraction of sp³-hybridized carbons (Fsp3) is 0.250. The van der Waals surface area contributed by atoms with E-state index in [1.165, 1.54) is 5.56 Å². The molecule has 0 saturated heterocycles. The summed E-state index contributed by atoms with van der Waals surface area (Å²) in [5.41, 5.74) is 5.51. The van der Waals surface area contributed by atoms with Gasteiger partial charge in [-0.2, -0.15) is 5.10 Å². The third kappa shape index (κ3) is 3.80. The molecular weight excluding hydrogens is 426 g/mol. The smallest absolute Gasteiger partial charge is 0.268 e. The molecule has 0 N–H and O–H groups in total. The summed E-state index contributed by atoms with van der Waals surface area (Å²) in [5, 5.41) is 13.6. The van der Waals surface area contributed by atoms with Crippen LogP contribution in [-0.4, -0.2) is 37.3 Å². The normalized spacial score (nSPS) is 13.3. The summed E-state index contributed by atoms with van der Waals surface area (Å²) in [5.74, 6) is 0.759. The Morgan fingerprint density at radius 2 is 1.84 bits per heavy atom. The molecule has 1 aliphatic rings. The molecular formula is C24H22ClN5O2. The van der Waals surface area contributed by atoms with Crippen molar-refractivity contribution in [1.29, 1.82) is 0 Å². The summed E-state index contributed by atoms with van der Waals surface area (Å²) in [6.07, 6.45) is 1.10. The fourth-order valence-corrected chi connectivity index (χ4v) is 4.25. The van der Waals surface area contributed by atoms with Crippen LogP contribution in [0.25, 0.3) is 23.0 Å². The lowest BCUT2D eigenvalue weighted by molar-refractivity contribution is -0.131. The van der Waals surface area contributed by atoms with Crippen molar-refractivity contribution in [2.24, 2.45) is 7.05 Å². The number of hydrogen-bond acceptors (Lipinski definition) is 5. The van der Waals surface area contributed by atoms with E-state index in [0.717, 1.165) is 23.2 Å². The van der Waals surface area contributed by atoms with E-state index in [1.807, 2.05) is 66.0 Å². The lowest BCUT2D eigenvalue weighted by Gasteiger charge is -2.27.